The number of non-ortho nitro benzene ring substituents is 1. The zero-order valence-corrected chi connectivity index (χ0v) is 44.2. The lowest BCUT2D eigenvalue weighted by Crippen LogP contribution is -2.51. The third-order valence-electron chi connectivity index (χ3n) is 17.0. The minimum absolute atomic E-state index is 0.0402. The summed E-state index contributed by atoms with van der Waals surface area (Å²) in [5.41, 5.74) is 4.06. The highest BCUT2D eigenvalue weighted by Gasteiger charge is 2.59. The van der Waals surface area contributed by atoms with Gasteiger partial charge >= 0.3 is 6.16 Å². The summed E-state index contributed by atoms with van der Waals surface area (Å²) in [4.78, 5) is 74.6. The summed E-state index contributed by atoms with van der Waals surface area (Å²) < 4.78 is 16.6. The normalized spacial score (nSPS) is 24.7. The lowest BCUT2D eigenvalue weighted by Gasteiger charge is -2.58. The van der Waals surface area contributed by atoms with E-state index in [1.165, 1.54) is 82.1 Å². The van der Waals surface area contributed by atoms with Crippen LogP contribution < -0.4 is 26.0 Å². The molecule has 0 spiro atoms. The van der Waals surface area contributed by atoms with Crippen LogP contribution in [0.4, 0.5) is 16.2 Å². The Morgan fingerprint density at radius 1 is 0.784 bits per heavy atom. The number of anilines is 1. The fourth-order valence-electron chi connectivity index (χ4n) is 13.1. The molecule has 0 aliphatic heterocycles. The molecule has 3 aromatic carbocycles. The van der Waals surface area contributed by atoms with Crippen LogP contribution in [0.3, 0.4) is 0 Å². The predicted octanol–water partition coefficient (Wildman–Crippen LogP) is 10.8. The third-order valence-corrected chi connectivity index (χ3v) is 17.0. The average Bonchev–Trinajstić information content (AvgIpc) is 3.74. The van der Waals surface area contributed by atoms with Crippen molar-refractivity contribution in [1.29, 1.82) is 0 Å². The zero-order valence-electron chi connectivity index (χ0n) is 44.2. The number of rotatable bonds is 24. The molecule has 0 aromatic heterocycles. The first-order valence-corrected chi connectivity index (χ1v) is 27.2. The van der Waals surface area contributed by atoms with Crippen LogP contribution in [0.5, 0.6) is 5.75 Å². The quantitative estimate of drug-likeness (QED) is 0.0167. The van der Waals surface area contributed by atoms with Crippen LogP contribution in [-0.4, -0.2) is 66.5 Å². The van der Waals surface area contributed by atoms with Crippen molar-refractivity contribution in [3.63, 3.8) is 0 Å². The first kappa shape index (κ1) is 55.7. The summed E-state index contributed by atoms with van der Waals surface area (Å²) in [6, 6.07) is 19.6. The zero-order chi connectivity index (χ0) is 52.8. The van der Waals surface area contributed by atoms with Gasteiger partial charge in [-0.25, -0.2) is 4.79 Å². The van der Waals surface area contributed by atoms with Crippen molar-refractivity contribution in [3.05, 3.63) is 112 Å². The van der Waals surface area contributed by atoms with Gasteiger partial charge in [-0.2, -0.15) is 0 Å². The molecule has 400 valence electrons. The van der Waals surface area contributed by atoms with Crippen LogP contribution in [0.25, 0.3) is 0 Å². The summed E-state index contributed by atoms with van der Waals surface area (Å²) in [5.74, 6) is 3.22. The number of hydrogen-bond acceptors (Lipinski definition) is 10. The van der Waals surface area contributed by atoms with Crippen molar-refractivity contribution >= 4 is 41.2 Å². The molecule has 15 nitrogen and oxygen atoms in total. The van der Waals surface area contributed by atoms with Crippen molar-refractivity contribution in [2.24, 2.45) is 46.3 Å². The minimum Gasteiger partial charge on any atom is -0.429 e. The number of nitro benzene ring substituents is 1. The second-order valence-electron chi connectivity index (χ2n) is 22.4. The van der Waals surface area contributed by atoms with E-state index in [2.05, 4.69) is 62.0 Å². The van der Waals surface area contributed by atoms with Crippen molar-refractivity contribution in [1.82, 2.24) is 16.0 Å². The van der Waals surface area contributed by atoms with Gasteiger partial charge in [0, 0.05) is 50.2 Å². The molecular weight excluding hydrogens is 939 g/mol. The molecular formula is C59H79N5O10. The number of carbonyl (C=O) groups is 5. The van der Waals surface area contributed by atoms with Gasteiger partial charge in [0.15, 0.2) is 0 Å². The monoisotopic (exact) mass is 1020 g/mol. The summed E-state index contributed by atoms with van der Waals surface area (Å²) in [6.45, 7) is 13.0. The van der Waals surface area contributed by atoms with Gasteiger partial charge in [0.05, 0.1) is 17.6 Å². The number of amides is 4. The maximum absolute atomic E-state index is 13.4. The van der Waals surface area contributed by atoms with Gasteiger partial charge in [-0.15, -0.1) is 0 Å². The standard InChI is InChI=1S/C59H79N5O10/c1-39(2)11-9-12-40(3)49-25-26-50-48-24-17-43-36-47(29-31-58(43,4)51(48)30-32-59(49,50)5)72-34-10-33-60-53(65)27-28-54(66)63-52(35-41-13-7-6-8-14-41)56(68)61-37-55(67)62-44-18-15-42(16-19-44)38-73-57(69)74-46-22-20-45(21-23-46)64(70)71/h6-8,13-23,39-40,47-52H,9-12,24-38H2,1-5H3,(H,60,65)(H,61,68)(H,62,67)(H,63,66). The Morgan fingerprint density at radius 2 is 1.53 bits per heavy atom. The highest BCUT2D eigenvalue weighted by atomic mass is 16.7. The largest absolute Gasteiger partial charge is 0.514 e. The van der Waals surface area contributed by atoms with E-state index in [4.69, 9.17) is 14.2 Å². The molecule has 4 amide bonds. The van der Waals surface area contributed by atoms with E-state index in [9.17, 15) is 34.1 Å². The molecule has 15 heteroatoms. The van der Waals surface area contributed by atoms with E-state index >= 15 is 0 Å². The van der Waals surface area contributed by atoms with E-state index in [1.54, 1.807) is 29.8 Å². The SMILES string of the molecule is CC(C)CCCC(C)C1CCC2C3CC=C4CC(OCCCNC(=O)CCC(=O)NC(Cc5ccccc5)C(=O)NCC(=O)Nc5ccc(COC(=O)Oc6ccc([N+](=O)[O-])cc6)cc5)CCC4(C)C3CCC12C. The van der Waals surface area contributed by atoms with Gasteiger partial charge in [0.25, 0.3) is 5.69 Å². The van der Waals surface area contributed by atoms with E-state index in [1.807, 2.05) is 30.3 Å². The smallest absolute Gasteiger partial charge is 0.429 e. The number of carbonyl (C=O) groups excluding carboxylic acids is 5. The first-order chi connectivity index (χ1) is 35.5. The molecule has 0 saturated heterocycles. The summed E-state index contributed by atoms with van der Waals surface area (Å²) >= 11 is 0. The molecule has 4 aliphatic rings. The predicted molar refractivity (Wildman–Crippen MR) is 284 cm³/mol. The summed E-state index contributed by atoms with van der Waals surface area (Å²) in [6.07, 6.45) is 16.7. The Bertz CT molecular complexity index is 2430. The Balaban J connectivity index is 0.783. The molecule has 0 heterocycles. The van der Waals surface area contributed by atoms with E-state index in [-0.39, 0.29) is 61.3 Å². The number of fused-ring (bicyclic) bond motifs is 5. The molecule has 3 fully saturated rings. The molecule has 7 rings (SSSR count). The van der Waals surface area contributed by atoms with Gasteiger partial charge in [-0.05, 0) is 140 Å². The van der Waals surface area contributed by atoms with Crippen LogP contribution in [0, 0.1) is 56.5 Å². The number of nitrogens with one attached hydrogen (secondary N) is 4. The Labute approximate surface area is 437 Å². The van der Waals surface area contributed by atoms with Crippen LogP contribution in [0.2, 0.25) is 0 Å². The fourth-order valence-corrected chi connectivity index (χ4v) is 13.1. The van der Waals surface area contributed by atoms with Crippen LogP contribution >= 0.6 is 0 Å². The highest BCUT2D eigenvalue weighted by Crippen LogP contribution is 2.67. The molecule has 4 N–H and O–H groups in total. The molecule has 4 aliphatic carbocycles. The maximum atomic E-state index is 13.4. The van der Waals surface area contributed by atoms with Crippen LogP contribution in [0.15, 0.2) is 90.5 Å². The molecule has 74 heavy (non-hydrogen) atoms. The lowest BCUT2D eigenvalue weighted by molar-refractivity contribution is -0.384. The second-order valence-corrected chi connectivity index (χ2v) is 22.4. The highest BCUT2D eigenvalue weighted by molar-refractivity contribution is 5.96. The van der Waals surface area contributed by atoms with Crippen molar-refractivity contribution in [2.75, 3.05) is 25.0 Å². The number of ether oxygens (including phenoxy) is 3. The molecule has 0 radical (unpaired) electrons. The van der Waals surface area contributed by atoms with E-state index in [0.29, 0.717) is 36.2 Å². The summed E-state index contributed by atoms with van der Waals surface area (Å²) in [5, 5.41) is 21.8. The number of hydrogen-bond donors (Lipinski definition) is 4. The molecule has 0 bridgehead atoms. The van der Waals surface area contributed by atoms with Gasteiger partial charge < -0.3 is 35.5 Å². The lowest BCUT2D eigenvalue weighted by atomic mass is 9.47. The molecule has 9 atom stereocenters. The molecule has 9 unspecified atom stereocenters. The Hall–Kier alpha value is -6.09. The van der Waals surface area contributed by atoms with Gasteiger partial charge in [0.1, 0.15) is 18.4 Å². The van der Waals surface area contributed by atoms with E-state index in [0.717, 1.165) is 53.9 Å². The van der Waals surface area contributed by atoms with Gasteiger partial charge in [-0.3, -0.25) is 29.3 Å². The fraction of sp³-hybridized carbons (Fsp3) is 0.576. The van der Waals surface area contributed by atoms with E-state index < -0.39 is 34.8 Å². The second kappa shape index (κ2) is 25.9. The van der Waals surface area contributed by atoms with Crippen molar-refractivity contribution in [3.8, 4) is 5.75 Å². The van der Waals surface area contributed by atoms with Gasteiger partial charge in [0.2, 0.25) is 23.6 Å². The van der Waals surface area contributed by atoms with Crippen LogP contribution in [0.1, 0.15) is 136 Å². The van der Waals surface area contributed by atoms with Gasteiger partial charge in [-0.1, -0.05) is 108 Å². The third kappa shape index (κ3) is 14.8. The van der Waals surface area contributed by atoms with Crippen molar-refractivity contribution < 1.29 is 43.1 Å². The maximum Gasteiger partial charge on any atom is 0.514 e. The average molecular weight is 1020 g/mol. The number of nitrogens with zero attached hydrogens (tertiary/aromatic N) is 1. The molecule has 3 aromatic rings. The Kier molecular flexibility index (Phi) is 19.5. The molecule has 3 saturated carbocycles. The first-order valence-electron chi connectivity index (χ1n) is 27.2. The number of allylic oxidation sites excluding steroid dienone is 1. The van der Waals surface area contributed by atoms with Crippen LogP contribution in [-0.2, 0) is 41.7 Å². The minimum atomic E-state index is -0.998. The number of benzene rings is 3. The van der Waals surface area contributed by atoms with Crippen molar-refractivity contribution in [2.45, 2.75) is 150 Å². The Morgan fingerprint density at radius 3 is 2.26 bits per heavy atom. The number of nitro groups is 1. The topological polar surface area (TPSA) is 204 Å². The summed E-state index contributed by atoms with van der Waals surface area (Å²) in [7, 11) is 0.